The molecule has 0 aliphatic carbocycles. The number of nitro benzene ring substituents is 1. The van der Waals surface area contributed by atoms with E-state index in [0.29, 0.717) is 41.5 Å². The van der Waals surface area contributed by atoms with E-state index in [9.17, 15) is 19.7 Å². The zero-order chi connectivity index (χ0) is 40.6. The third kappa shape index (κ3) is 7.80. The molecular formula is C45H53ClN4O5Ru. The van der Waals surface area contributed by atoms with Crippen LogP contribution in [0.3, 0.4) is 0 Å². The van der Waals surface area contributed by atoms with Gasteiger partial charge in [0.15, 0.2) is 0 Å². The van der Waals surface area contributed by atoms with Crippen molar-refractivity contribution in [3.05, 3.63) is 122 Å². The van der Waals surface area contributed by atoms with E-state index < -0.39 is 37.4 Å². The Labute approximate surface area is 340 Å². The molecule has 2 aliphatic rings. The Balaban J connectivity index is 1.54. The van der Waals surface area contributed by atoms with Crippen molar-refractivity contribution in [2.24, 2.45) is 0 Å². The van der Waals surface area contributed by atoms with E-state index in [1.165, 1.54) is 57.9 Å². The number of para-hydroxylation sites is 3. The van der Waals surface area contributed by atoms with Crippen LogP contribution in [0.15, 0.2) is 78.9 Å². The average Bonchev–Trinajstić information content (AvgIpc) is 3.61. The Morgan fingerprint density at radius 3 is 1.70 bits per heavy atom. The molecule has 2 amide bonds. The maximum atomic E-state index is 14.0. The van der Waals surface area contributed by atoms with Gasteiger partial charge in [-0.1, -0.05) is 0 Å². The molecule has 1 unspecified atom stereocenters. The molecule has 0 N–H and O–H groups in total. The molecule has 11 heteroatoms. The fourth-order valence-electron chi connectivity index (χ4n) is 7.78. The number of nitro groups is 1. The number of imide groups is 1. The SMILES string of the molecule is CCC1Oc2c([CH]=[Ru]([Cl])[CH]3N(c4c(C(C)C)cccc4C(C)C)CCN3c3c(C(C)C)cccc3C(C)C)cccc2N(C(=O)c2ccc([N+](=O)[O-])cc2)C1=O. The Morgan fingerprint density at radius 1 is 0.804 bits per heavy atom. The van der Waals surface area contributed by atoms with Crippen LogP contribution in [-0.4, -0.2) is 45.3 Å². The Bertz CT molecular complexity index is 2040. The first-order valence-corrected chi connectivity index (χ1v) is 23.8. The zero-order valence-electron chi connectivity index (χ0n) is 33.7. The van der Waals surface area contributed by atoms with Crippen molar-refractivity contribution in [2.45, 2.75) is 103 Å². The van der Waals surface area contributed by atoms with E-state index in [1.807, 2.05) is 19.1 Å². The fraction of sp³-hybridized carbons (Fsp3) is 0.400. The number of ether oxygens (including phenoxy) is 1. The van der Waals surface area contributed by atoms with Crippen LogP contribution in [0.25, 0.3) is 0 Å². The summed E-state index contributed by atoms with van der Waals surface area (Å²) in [5.74, 6) is 0.563. The molecule has 6 rings (SSSR count). The maximum absolute atomic E-state index is 14.0. The number of amides is 2. The van der Waals surface area contributed by atoms with Gasteiger partial charge in [-0.15, -0.1) is 0 Å². The molecule has 9 nitrogen and oxygen atoms in total. The van der Waals surface area contributed by atoms with Gasteiger partial charge in [-0.2, -0.15) is 0 Å². The summed E-state index contributed by atoms with van der Waals surface area (Å²) >= 11 is -2.55. The summed E-state index contributed by atoms with van der Waals surface area (Å²) in [6, 6.07) is 24.1. The quantitative estimate of drug-likeness (QED) is 0.0641. The number of benzene rings is 4. The number of fused-ring (bicyclic) bond motifs is 1. The van der Waals surface area contributed by atoms with Crippen LogP contribution < -0.4 is 19.4 Å². The molecule has 4 aromatic carbocycles. The van der Waals surface area contributed by atoms with Crippen molar-refractivity contribution in [1.29, 1.82) is 0 Å². The summed E-state index contributed by atoms with van der Waals surface area (Å²) in [7, 11) is 7.96. The number of carbonyl (C=O) groups excluding carboxylic acids is 2. The molecule has 0 aromatic heterocycles. The summed E-state index contributed by atoms with van der Waals surface area (Å²) in [4.78, 5) is 45.0. The number of hydrogen-bond acceptors (Lipinski definition) is 7. The van der Waals surface area contributed by atoms with Gasteiger partial charge in [0, 0.05) is 0 Å². The normalized spacial score (nSPS) is 17.0. The molecule has 1 saturated heterocycles. The second-order valence-corrected chi connectivity index (χ2v) is 20.3. The zero-order valence-corrected chi connectivity index (χ0v) is 36.2. The fourth-order valence-corrected chi connectivity index (χ4v) is 12.4. The summed E-state index contributed by atoms with van der Waals surface area (Å²) in [5.41, 5.74) is 8.80. The van der Waals surface area contributed by atoms with Crippen molar-refractivity contribution in [3.8, 4) is 5.75 Å². The third-order valence-corrected chi connectivity index (χ3v) is 14.9. The van der Waals surface area contributed by atoms with Gasteiger partial charge in [0.05, 0.1) is 0 Å². The molecule has 1 fully saturated rings. The number of halogens is 1. The van der Waals surface area contributed by atoms with Crippen molar-refractivity contribution < 1.29 is 33.8 Å². The second-order valence-electron chi connectivity index (χ2n) is 15.7. The molecule has 0 bridgehead atoms. The Morgan fingerprint density at radius 2 is 1.27 bits per heavy atom. The predicted molar refractivity (Wildman–Crippen MR) is 225 cm³/mol. The molecule has 1 atom stereocenters. The summed E-state index contributed by atoms with van der Waals surface area (Å²) in [6.07, 6.45) is -0.552. The standard InChI is InChI=1S/C27H39N2.C18H14N2O5.ClH.Ru/c1-18(2)22-11-9-12-23(19(3)4)26(22)28-15-16-29(17-28)27-24(20(5)6)13-10-14-25(27)21(7)8;1-3-15-18(22)19(14-6-4-5-11(2)16(14)25-15)17(21)12-7-9-13(10-8-12)20(23)24;;/h9-14,17-21H,15-16H2,1-8H3;2,4-10,15H,3H2,1H3;1H;/q;;;+1/p-1. The van der Waals surface area contributed by atoms with Gasteiger partial charge in [-0.25, -0.2) is 0 Å². The molecule has 56 heavy (non-hydrogen) atoms. The molecule has 0 radical (unpaired) electrons. The average molecular weight is 866 g/mol. The van der Waals surface area contributed by atoms with Crippen LogP contribution in [0.2, 0.25) is 0 Å². The van der Waals surface area contributed by atoms with Gasteiger partial charge < -0.3 is 0 Å². The number of hydrogen-bond donors (Lipinski definition) is 0. The van der Waals surface area contributed by atoms with Gasteiger partial charge in [0.2, 0.25) is 0 Å². The molecular weight excluding hydrogens is 813 g/mol. The van der Waals surface area contributed by atoms with Gasteiger partial charge in [-0.05, 0) is 0 Å². The predicted octanol–water partition coefficient (Wildman–Crippen LogP) is 10.7. The van der Waals surface area contributed by atoms with Crippen LogP contribution in [0, 0.1) is 10.1 Å². The van der Waals surface area contributed by atoms with Gasteiger partial charge in [-0.3, -0.25) is 0 Å². The number of carbonyl (C=O) groups is 2. The number of nitrogens with zero attached hydrogens (tertiary/aromatic N) is 4. The first-order valence-electron chi connectivity index (χ1n) is 19.5. The van der Waals surface area contributed by atoms with Crippen molar-refractivity contribution in [1.82, 2.24) is 0 Å². The van der Waals surface area contributed by atoms with Crippen LogP contribution in [0.4, 0.5) is 22.7 Å². The monoisotopic (exact) mass is 866 g/mol. The molecule has 2 heterocycles. The topological polar surface area (TPSA) is 96.2 Å². The molecule has 0 spiro atoms. The van der Waals surface area contributed by atoms with Crippen molar-refractivity contribution in [3.63, 3.8) is 0 Å². The van der Waals surface area contributed by atoms with E-state index in [0.717, 1.165) is 23.6 Å². The minimum absolute atomic E-state index is 0.139. The van der Waals surface area contributed by atoms with E-state index in [2.05, 4.69) is 106 Å². The molecule has 2 aliphatic heterocycles. The number of anilines is 3. The first-order chi connectivity index (χ1) is 26.7. The second kappa shape index (κ2) is 17.0. The van der Waals surface area contributed by atoms with Gasteiger partial charge in [0.25, 0.3) is 0 Å². The van der Waals surface area contributed by atoms with Crippen molar-refractivity contribution >= 4 is 48.9 Å². The minimum atomic E-state index is -2.55. The third-order valence-electron chi connectivity index (χ3n) is 10.6. The molecule has 4 aromatic rings. The van der Waals surface area contributed by atoms with Crippen LogP contribution in [0.5, 0.6) is 5.75 Å². The summed E-state index contributed by atoms with van der Waals surface area (Å²) < 4.78 is 8.45. The van der Waals surface area contributed by atoms with E-state index in [4.69, 9.17) is 14.4 Å². The van der Waals surface area contributed by atoms with Gasteiger partial charge in [0.1, 0.15) is 0 Å². The van der Waals surface area contributed by atoms with E-state index in [1.54, 1.807) is 6.07 Å². The van der Waals surface area contributed by atoms with Crippen LogP contribution in [-0.2, 0) is 19.3 Å². The summed E-state index contributed by atoms with van der Waals surface area (Å²) in [5, 5.41) is 11.3. The van der Waals surface area contributed by atoms with E-state index in [-0.39, 0.29) is 16.0 Å². The molecule has 298 valence electrons. The first kappa shape index (κ1) is 41.2. The Hall–Kier alpha value is -4.40. The van der Waals surface area contributed by atoms with Gasteiger partial charge >= 0.3 is 342 Å². The number of non-ortho nitro benzene ring substituents is 1. The molecule has 0 saturated carbocycles. The Kier molecular flexibility index (Phi) is 12.5. The van der Waals surface area contributed by atoms with Crippen LogP contribution >= 0.6 is 9.69 Å². The number of rotatable bonds is 11. The van der Waals surface area contributed by atoms with Crippen molar-refractivity contribution in [2.75, 3.05) is 27.8 Å². The summed E-state index contributed by atoms with van der Waals surface area (Å²) in [6.45, 7) is 21.5. The van der Waals surface area contributed by atoms with E-state index >= 15 is 0 Å². The van der Waals surface area contributed by atoms with Crippen LogP contribution in [0.1, 0.15) is 131 Å².